The number of oxazole rings is 1. The van der Waals surface area contributed by atoms with Gasteiger partial charge in [-0.15, -0.1) is 0 Å². The number of amides is 2. The summed E-state index contributed by atoms with van der Waals surface area (Å²) in [6.07, 6.45) is -0.532. The maximum Gasteiger partial charge on any atom is 0.411 e. The second kappa shape index (κ2) is 7.72. The number of nitrogens with one attached hydrogen (secondary N) is 2. The third-order valence-corrected chi connectivity index (χ3v) is 3.96. The lowest BCUT2D eigenvalue weighted by Crippen LogP contribution is -2.14. The summed E-state index contributed by atoms with van der Waals surface area (Å²) in [5.41, 5.74) is 2.81. The lowest BCUT2D eigenvalue weighted by Gasteiger charge is -2.11. The van der Waals surface area contributed by atoms with Crippen LogP contribution in [0.4, 0.5) is 16.2 Å². The lowest BCUT2D eigenvalue weighted by atomic mass is 9.97. The van der Waals surface area contributed by atoms with Gasteiger partial charge in [-0.3, -0.25) is 10.1 Å². The molecule has 0 spiro atoms. The summed E-state index contributed by atoms with van der Waals surface area (Å²) in [5.74, 6) is 0.386. The maximum atomic E-state index is 12.5. The number of rotatable bonds is 4. The molecule has 28 heavy (non-hydrogen) atoms. The molecule has 3 rings (SSSR count). The van der Waals surface area contributed by atoms with Crippen LogP contribution in [-0.4, -0.2) is 23.6 Å². The third kappa shape index (κ3) is 4.49. The average molecular weight is 381 g/mol. The van der Waals surface area contributed by atoms with Crippen molar-refractivity contribution in [3.63, 3.8) is 0 Å². The van der Waals surface area contributed by atoms with E-state index in [4.69, 9.17) is 9.15 Å². The number of carbonyl (C=O) groups is 2. The van der Waals surface area contributed by atoms with Crippen LogP contribution < -0.4 is 10.6 Å². The van der Waals surface area contributed by atoms with Gasteiger partial charge in [-0.2, -0.15) is 0 Å². The maximum absolute atomic E-state index is 12.5. The molecule has 146 valence electrons. The average Bonchev–Trinajstić information content (AvgIpc) is 3.06. The van der Waals surface area contributed by atoms with Gasteiger partial charge in [0, 0.05) is 22.4 Å². The van der Waals surface area contributed by atoms with Gasteiger partial charge in [0.1, 0.15) is 5.52 Å². The van der Waals surface area contributed by atoms with Gasteiger partial charge in [-0.05, 0) is 49.4 Å². The number of nitrogens with zero attached hydrogens (tertiary/aromatic N) is 1. The Morgan fingerprint density at radius 3 is 2.36 bits per heavy atom. The molecule has 0 aliphatic rings. The molecular weight excluding hydrogens is 358 g/mol. The SMILES string of the molecule is CCOC(=O)Nc1ccc(C(=O)Nc2ccc3oc(C(C)(C)C)nc3c2)cc1. The van der Waals surface area contributed by atoms with Crippen LogP contribution in [0.15, 0.2) is 46.9 Å². The van der Waals surface area contributed by atoms with Crippen molar-refractivity contribution in [1.82, 2.24) is 4.98 Å². The van der Waals surface area contributed by atoms with E-state index in [-0.39, 0.29) is 11.3 Å². The summed E-state index contributed by atoms with van der Waals surface area (Å²) in [6.45, 7) is 8.11. The number of hydrogen-bond acceptors (Lipinski definition) is 5. The van der Waals surface area contributed by atoms with Crippen LogP contribution in [0.25, 0.3) is 11.1 Å². The molecule has 0 aliphatic heterocycles. The molecule has 0 unspecified atom stereocenters. The van der Waals surface area contributed by atoms with Crippen molar-refractivity contribution in [1.29, 1.82) is 0 Å². The number of hydrogen-bond donors (Lipinski definition) is 2. The Labute approximate surface area is 163 Å². The van der Waals surface area contributed by atoms with Crippen LogP contribution in [0.1, 0.15) is 43.9 Å². The first-order valence-electron chi connectivity index (χ1n) is 9.02. The van der Waals surface area contributed by atoms with Crippen LogP contribution in [0.5, 0.6) is 0 Å². The normalized spacial score (nSPS) is 11.3. The molecule has 0 saturated heterocycles. The first kappa shape index (κ1) is 19.4. The van der Waals surface area contributed by atoms with Gasteiger partial charge in [-0.1, -0.05) is 20.8 Å². The van der Waals surface area contributed by atoms with E-state index in [0.717, 1.165) is 0 Å². The summed E-state index contributed by atoms with van der Waals surface area (Å²) in [4.78, 5) is 28.4. The standard InChI is InChI=1S/C21H23N3O4/c1-5-27-20(26)23-14-8-6-13(7-9-14)18(25)22-15-10-11-17-16(12-15)24-19(28-17)21(2,3)4/h6-12H,5H2,1-4H3,(H,22,25)(H,23,26). The Morgan fingerprint density at radius 1 is 1.04 bits per heavy atom. The van der Waals surface area contributed by atoms with E-state index in [1.807, 2.05) is 20.8 Å². The fourth-order valence-corrected chi connectivity index (χ4v) is 2.52. The van der Waals surface area contributed by atoms with Gasteiger partial charge < -0.3 is 14.5 Å². The Balaban J connectivity index is 1.71. The molecule has 0 radical (unpaired) electrons. The van der Waals surface area contributed by atoms with Crippen LogP contribution in [0.3, 0.4) is 0 Å². The van der Waals surface area contributed by atoms with Gasteiger partial charge in [0.05, 0.1) is 6.61 Å². The van der Waals surface area contributed by atoms with Crippen molar-refractivity contribution < 1.29 is 18.7 Å². The summed E-state index contributed by atoms with van der Waals surface area (Å²) >= 11 is 0. The van der Waals surface area contributed by atoms with E-state index in [1.54, 1.807) is 49.4 Å². The van der Waals surface area contributed by atoms with Crippen LogP contribution in [0.2, 0.25) is 0 Å². The third-order valence-electron chi connectivity index (χ3n) is 3.96. The Kier molecular flexibility index (Phi) is 5.35. The number of anilines is 2. The van der Waals surface area contributed by atoms with E-state index in [2.05, 4.69) is 15.6 Å². The Bertz CT molecular complexity index is 1000. The van der Waals surface area contributed by atoms with Crippen molar-refractivity contribution in [3.8, 4) is 0 Å². The number of aromatic nitrogens is 1. The van der Waals surface area contributed by atoms with Crippen molar-refractivity contribution in [3.05, 3.63) is 53.9 Å². The molecule has 2 aromatic carbocycles. The Morgan fingerprint density at radius 2 is 1.71 bits per heavy atom. The minimum absolute atomic E-state index is 0.193. The second-order valence-corrected chi connectivity index (χ2v) is 7.33. The van der Waals surface area contributed by atoms with Gasteiger partial charge in [0.2, 0.25) is 5.89 Å². The predicted molar refractivity (Wildman–Crippen MR) is 108 cm³/mol. The molecule has 0 atom stereocenters. The molecule has 7 heteroatoms. The van der Waals surface area contributed by atoms with Crippen LogP contribution in [-0.2, 0) is 10.2 Å². The van der Waals surface area contributed by atoms with Gasteiger partial charge in [0.25, 0.3) is 5.91 Å². The number of ether oxygens (including phenoxy) is 1. The molecule has 0 aliphatic carbocycles. The Hall–Kier alpha value is -3.35. The molecule has 2 N–H and O–H groups in total. The van der Waals surface area contributed by atoms with Crippen LogP contribution >= 0.6 is 0 Å². The van der Waals surface area contributed by atoms with Gasteiger partial charge >= 0.3 is 6.09 Å². The largest absolute Gasteiger partial charge is 0.450 e. The highest BCUT2D eigenvalue weighted by atomic mass is 16.5. The van der Waals surface area contributed by atoms with Gasteiger partial charge in [-0.25, -0.2) is 9.78 Å². The number of benzene rings is 2. The van der Waals surface area contributed by atoms with Crippen molar-refractivity contribution in [2.75, 3.05) is 17.2 Å². The predicted octanol–water partition coefficient (Wildman–Crippen LogP) is 4.95. The highest BCUT2D eigenvalue weighted by Gasteiger charge is 2.21. The molecule has 0 saturated carbocycles. The zero-order valence-corrected chi connectivity index (χ0v) is 16.3. The molecule has 1 heterocycles. The highest BCUT2D eigenvalue weighted by molar-refractivity contribution is 6.05. The minimum atomic E-state index is -0.532. The van der Waals surface area contributed by atoms with Crippen molar-refractivity contribution in [2.24, 2.45) is 0 Å². The number of fused-ring (bicyclic) bond motifs is 1. The molecule has 1 aromatic heterocycles. The second-order valence-electron chi connectivity index (χ2n) is 7.33. The molecule has 0 fully saturated rings. The first-order valence-corrected chi connectivity index (χ1v) is 9.02. The zero-order valence-electron chi connectivity index (χ0n) is 16.3. The molecule has 7 nitrogen and oxygen atoms in total. The van der Waals surface area contributed by atoms with Gasteiger partial charge in [0.15, 0.2) is 5.58 Å². The fraction of sp³-hybridized carbons (Fsp3) is 0.286. The molecule has 2 amide bonds. The summed E-state index contributed by atoms with van der Waals surface area (Å²) in [6, 6.07) is 11.9. The summed E-state index contributed by atoms with van der Waals surface area (Å²) < 4.78 is 10.6. The zero-order chi connectivity index (χ0) is 20.3. The van der Waals surface area contributed by atoms with E-state index < -0.39 is 6.09 Å². The topological polar surface area (TPSA) is 93.5 Å². The quantitative estimate of drug-likeness (QED) is 0.667. The van der Waals surface area contributed by atoms with E-state index in [0.29, 0.717) is 40.5 Å². The smallest absolute Gasteiger partial charge is 0.411 e. The fourth-order valence-electron chi connectivity index (χ4n) is 2.52. The van der Waals surface area contributed by atoms with Crippen molar-refractivity contribution in [2.45, 2.75) is 33.1 Å². The summed E-state index contributed by atoms with van der Waals surface area (Å²) in [7, 11) is 0. The number of carbonyl (C=O) groups excluding carboxylic acids is 2. The van der Waals surface area contributed by atoms with E-state index >= 15 is 0 Å². The molecule has 3 aromatic rings. The van der Waals surface area contributed by atoms with Crippen molar-refractivity contribution >= 4 is 34.5 Å². The van der Waals surface area contributed by atoms with E-state index in [9.17, 15) is 9.59 Å². The van der Waals surface area contributed by atoms with E-state index in [1.165, 1.54) is 0 Å². The van der Waals surface area contributed by atoms with Crippen LogP contribution in [0, 0.1) is 0 Å². The molecule has 0 bridgehead atoms. The first-order chi connectivity index (χ1) is 13.3. The monoisotopic (exact) mass is 381 g/mol. The summed E-state index contributed by atoms with van der Waals surface area (Å²) in [5, 5.41) is 5.43. The molecular formula is C21H23N3O4. The highest BCUT2D eigenvalue weighted by Crippen LogP contribution is 2.27. The lowest BCUT2D eigenvalue weighted by molar-refractivity contribution is 0.102. The minimum Gasteiger partial charge on any atom is -0.450 e.